The third kappa shape index (κ3) is 2.04. The van der Waals surface area contributed by atoms with Gasteiger partial charge in [0.1, 0.15) is 11.1 Å². The van der Waals surface area contributed by atoms with Gasteiger partial charge in [-0.2, -0.15) is 5.26 Å². The number of nitrogen functional groups attached to an aromatic ring is 1. The molecule has 0 unspecified atom stereocenters. The van der Waals surface area contributed by atoms with Crippen LogP contribution < -0.4 is 5.73 Å². The summed E-state index contributed by atoms with van der Waals surface area (Å²) >= 11 is 1.52. The highest BCUT2D eigenvalue weighted by Crippen LogP contribution is 2.38. The summed E-state index contributed by atoms with van der Waals surface area (Å²) in [5.74, 6) is 0. The zero-order valence-electron chi connectivity index (χ0n) is 9.95. The lowest BCUT2D eigenvalue weighted by molar-refractivity contribution is 1.19. The summed E-state index contributed by atoms with van der Waals surface area (Å²) < 4.78 is 0. The SMILES string of the molecule is CCc1sc(N)c(C#N)c1-c1ccc(C)cc1. The van der Waals surface area contributed by atoms with Crippen LogP contribution >= 0.6 is 11.3 Å². The fraction of sp³-hybridized carbons (Fsp3) is 0.214. The number of hydrogen-bond donors (Lipinski definition) is 1. The second kappa shape index (κ2) is 4.60. The predicted molar refractivity (Wildman–Crippen MR) is 73.0 cm³/mol. The minimum Gasteiger partial charge on any atom is -0.389 e. The van der Waals surface area contributed by atoms with E-state index in [2.05, 4.69) is 44.2 Å². The molecule has 0 bridgehead atoms. The van der Waals surface area contributed by atoms with Crippen molar-refractivity contribution in [3.05, 3.63) is 40.3 Å². The van der Waals surface area contributed by atoms with Crippen molar-refractivity contribution >= 4 is 16.3 Å². The standard InChI is InChI=1S/C14H14N2S/c1-3-12-13(11(8-15)14(16)17-12)10-6-4-9(2)5-7-10/h4-7H,3,16H2,1-2H3. The lowest BCUT2D eigenvalue weighted by Crippen LogP contribution is -1.87. The normalized spacial score (nSPS) is 10.2. The van der Waals surface area contributed by atoms with Crippen molar-refractivity contribution in [2.75, 3.05) is 5.73 Å². The van der Waals surface area contributed by atoms with E-state index in [9.17, 15) is 5.26 Å². The van der Waals surface area contributed by atoms with Gasteiger partial charge in [-0.15, -0.1) is 11.3 Å². The Bertz CT molecular complexity index is 574. The molecule has 2 nitrogen and oxygen atoms in total. The molecule has 2 aromatic rings. The van der Waals surface area contributed by atoms with Gasteiger partial charge in [0, 0.05) is 10.4 Å². The first kappa shape index (κ1) is 11.7. The first-order chi connectivity index (χ1) is 8.17. The lowest BCUT2D eigenvalue weighted by atomic mass is 10.00. The van der Waals surface area contributed by atoms with Crippen LogP contribution in [0.3, 0.4) is 0 Å². The Labute approximate surface area is 105 Å². The Morgan fingerprint density at radius 1 is 1.29 bits per heavy atom. The number of nitrogens with zero attached hydrogens (tertiary/aromatic N) is 1. The molecule has 0 saturated carbocycles. The molecule has 0 spiro atoms. The number of benzene rings is 1. The molecular formula is C14H14N2S. The molecule has 86 valence electrons. The van der Waals surface area contributed by atoms with Crippen LogP contribution in [0.2, 0.25) is 0 Å². The zero-order chi connectivity index (χ0) is 12.4. The molecule has 2 N–H and O–H groups in total. The molecule has 0 fully saturated rings. The summed E-state index contributed by atoms with van der Waals surface area (Å²) in [5, 5.41) is 9.83. The highest BCUT2D eigenvalue weighted by Gasteiger charge is 2.16. The maximum Gasteiger partial charge on any atom is 0.105 e. The van der Waals surface area contributed by atoms with Gasteiger partial charge in [0.15, 0.2) is 0 Å². The third-order valence-electron chi connectivity index (χ3n) is 2.78. The van der Waals surface area contributed by atoms with Crippen LogP contribution in [0.4, 0.5) is 5.00 Å². The fourth-order valence-corrected chi connectivity index (χ4v) is 2.86. The average Bonchev–Trinajstić information content (AvgIpc) is 2.66. The minimum absolute atomic E-state index is 0.621. The topological polar surface area (TPSA) is 49.8 Å². The van der Waals surface area contributed by atoms with Crippen molar-refractivity contribution in [2.24, 2.45) is 0 Å². The number of rotatable bonds is 2. The molecule has 1 heterocycles. The zero-order valence-corrected chi connectivity index (χ0v) is 10.8. The fourth-order valence-electron chi connectivity index (χ4n) is 1.88. The van der Waals surface area contributed by atoms with Gasteiger partial charge in [0.05, 0.1) is 5.56 Å². The highest BCUT2D eigenvalue weighted by molar-refractivity contribution is 7.16. The molecule has 0 radical (unpaired) electrons. The number of anilines is 1. The van der Waals surface area contributed by atoms with Crippen molar-refractivity contribution in [3.63, 3.8) is 0 Å². The molecule has 1 aromatic heterocycles. The van der Waals surface area contributed by atoms with Crippen LogP contribution in [0.5, 0.6) is 0 Å². The van der Waals surface area contributed by atoms with Gasteiger partial charge in [0.2, 0.25) is 0 Å². The molecule has 2 rings (SSSR count). The molecule has 3 heteroatoms. The van der Waals surface area contributed by atoms with Gasteiger partial charge in [-0.3, -0.25) is 0 Å². The summed E-state index contributed by atoms with van der Waals surface area (Å²) in [6.07, 6.45) is 0.903. The summed E-state index contributed by atoms with van der Waals surface area (Å²) in [6, 6.07) is 10.4. The molecule has 0 saturated heterocycles. The smallest absolute Gasteiger partial charge is 0.105 e. The summed E-state index contributed by atoms with van der Waals surface area (Å²) in [7, 11) is 0. The molecule has 1 aromatic carbocycles. The highest BCUT2D eigenvalue weighted by atomic mass is 32.1. The van der Waals surface area contributed by atoms with Crippen molar-refractivity contribution < 1.29 is 0 Å². The molecule has 0 aliphatic rings. The predicted octanol–water partition coefficient (Wildman–Crippen LogP) is 3.74. The minimum atomic E-state index is 0.621. The van der Waals surface area contributed by atoms with E-state index >= 15 is 0 Å². The molecule has 0 atom stereocenters. The molecule has 17 heavy (non-hydrogen) atoms. The number of aryl methyl sites for hydroxylation is 2. The molecule has 0 amide bonds. The van der Waals surface area contributed by atoms with Gasteiger partial charge in [-0.1, -0.05) is 36.8 Å². The van der Waals surface area contributed by atoms with Crippen LogP contribution in [0.1, 0.15) is 22.9 Å². The Morgan fingerprint density at radius 2 is 1.94 bits per heavy atom. The van der Waals surface area contributed by atoms with Gasteiger partial charge in [-0.05, 0) is 18.9 Å². The van der Waals surface area contributed by atoms with E-state index in [1.807, 2.05) is 0 Å². The van der Waals surface area contributed by atoms with Crippen LogP contribution in [0.15, 0.2) is 24.3 Å². The summed E-state index contributed by atoms with van der Waals surface area (Å²) in [5.41, 5.74) is 9.82. The van der Waals surface area contributed by atoms with Crippen molar-refractivity contribution in [3.8, 4) is 17.2 Å². The monoisotopic (exact) mass is 242 g/mol. The van der Waals surface area contributed by atoms with Gasteiger partial charge in [0.25, 0.3) is 0 Å². The first-order valence-corrected chi connectivity index (χ1v) is 6.37. The third-order valence-corrected chi connectivity index (χ3v) is 3.94. The van der Waals surface area contributed by atoms with Crippen molar-refractivity contribution in [1.82, 2.24) is 0 Å². The quantitative estimate of drug-likeness (QED) is 0.872. The molecular weight excluding hydrogens is 228 g/mol. The largest absolute Gasteiger partial charge is 0.389 e. The Kier molecular flexibility index (Phi) is 3.16. The van der Waals surface area contributed by atoms with E-state index in [1.54, 1.807) is 0 Å². The van der Waals surface area contributed by atoms with Crippen molar-refractivity contribution in [1.29, 1.82) is 5.26 Å². The maximum atomic E-state index is 9.20. The van der Waals surface area contributed by atoms with Crippen LogP contribution in [0.25, 0.3) is 11.1 Å². The number of hydrogen-bond acceptors (Lipinski definition) is 3. The second-order valence-corrected chi connectivity index (χ2v) is 5.11. The van der Waals surface area contributed by atoms with E-state index in [1.165, 1.54) is 21.8 Å². The summed E-state index contributed by atoms with van der Waals surface area (Å²) in [6.45, 7) is 4.14. The van der Waals surface area contributed by atoms with Crippen LogP contribution in [-0.4, -0.2) is 0 Å². The van der Waals surface area contributed by atoms with Crippen molar-refractivity contribution in [2.45, 2.75) is 20.3 Å². The van der Waals surface area contributed by atoms with Gasteiger partial charge >= 0.3 is 0 Å². The van der Waals surface area contributed by atoms with Gasteiger partial charge < -0.3 is 5.73 Å². The second-order valence-electron chi connectivity index (χ2n) is 3.97. The number of nitrogens with two attached hydrogens (primary N) is 1. The van der Waals surface area contributed by atoms with E-state index in [4.69, 9.17) is 5.73 Å². The number of nitriles is 1. The number of thiophene rings is 1. The average molecular weight is 242 g/mol. The summed E-state index contributed by atoms with van der Waals surface area (Å²) in [4.78, 5) is 1.18. The Morgan fingerprint density at radius 3 is 2.47 bits per heavy atom. The Balaban J connectivity index is 2.65. The van der Waals surface area contributed by atoms with E-state index in [0.29, 0.717) is 10.6 Å². The van der Waals surface area contributed by atoms with E-state index < -0.39 is 0 Å². The lowest BCUT2D eigenvalue weighted by Gasteiger charge is -2.03. The first-order valence-electron chi connectivity index (χ1n) is 5.55. The molecule has 0 aliphatic heterocycles. The van der Waals surface area contributed by atoms with Crippen LogP contribution in [-0.2, 0) is 6.42 Å². The maximum absolute atomic E-state index is 9.20. The van der Waals surface area contributed by atoms with Crippen LogP contribution in [0, 0.1) is 18.3 Å². The Hall–Kier alpha value is -1.79. The van der Waals surface area contributed by atoms with Gasteiger partial charge in [-0.25, -0.2) is 0 Å². The van der Waals surface area contributed by atoms with E-state index in [-0.39, 0.29) is 0 Å². The van der Waals surface area contributed by atoms with E-state index in [0.717, 1.165) is 17.5 Å². The molecule has 0 aliphatic carbocycles.